The normalized spacial score (nSPS) is 17.2. The van der Waals surface area contributed by atoms with Gasteiger partial charge in [-0.15, -0.1) is 0 Å². The average Bonchev–Trinajstić information content (AvgIpc) is 3.00. The van der Waals surface area contributed by atoms with Crippen molar-refractivity contribution in [1.29, 1.82) is 0 Å². The monoisotopic (exact) mass is 297 g/mol. The Bertz CT molecular complexity index is 388. The van der Waals surface area contributed by atoms with E-state index in [2.05, 4.69) is 52.0 Å². The first-order valence-corrected chi connectivity index (χ1v) is 7.15. The molecule has 2 rings (SSSR count). The van der Waals surface area contributed by atoms with Crippen LogP contribution in [0, 0.1) is 5.92 Å². The maximum atomic E-state index is 4.55. The van der Waals surface area contributed by atoms with E-state index >= 15 is 0 Å². The fourth-order valence-electron chi connectivity index (χ4n) is 1.93. The van der Waals surface area contributed by atoms with Crippen LogP contribution in [0.4, 0.5) is 5.82 Å². The van der Waals surface area contributed by atoms with Crippen LogP contribution >= 0.6 is 15.9 Å². The van der Waals surface area contributed by atoms with Crippen molar-refractivity contribution in [2.24, 2.45) is 5.92 Å². The summed E-state index contributed by atoms with van der Waals surface area (Å²) in [6.07, 6.45) is 4.05. The molecule has 17 heavy (non-hydrogen) atoms. The lowest BCUT2D eigenvalue weighted by atomic mass is 10.1. The van der Waals surface area contributed by atoms with Gasteiger partial charge in [0, 0.05) is 18.0 Å². The molecule has 1 aromatic heterocycles. The lowest BCUT2D eigenvalue weighted by Gasteiger charge is -2.15. The third-order valence-electron chi connectivity index (χ3n) is 3.01. The highest BCUT2D eigenvalue weighted by Gasteiger charge is 2.23. The van der Waals surface area contributed by atoms with E-state index < -0.39 is 0 Å². The third-order valence-corrected chi connectivity index (χ3v) is 3.41. The maximum Gasteiger partial charge on any atom is 0.134 e. The van der Waals surface area contributed by atoms with Crippen LogP contribution in [0.1, 0.15) is 51.8 Å². The Hall–Kier alpha value is -0.640. The largest absolute Gasteiger partial charge is 0.367 e. The summed E-state index contributed by atoms with van der Waals surface area (Å²) in [5.74, 6) is 3.11. The van der Waals surface area contributed by atoms with E-state index in [1.807, 2.05) is 6.07 Å². The van der Waals surface area contributed by atoms with E-state index in [1.165, 1.54) is 19.3 Å². The fourth-order valence-corrected chi connectivity index (χ4v) is 2.33. The van der Waals surface area contributed by atoms with Gasteiger partial charge in [-0.1, -0.05) is 26.7 Å². The van der Waals surface area contributed by atoms with Gasteiger partial charge in [0.2, 0.25) is 0 Å². The molecular formula is C13H20BrN3. The van der Waals surface area contributed by atoms with Gasteiger partial charge in [0.15, 0.2) is 0 Å². The molecule has 94 valence electrons. The van der Waals surface area contributed by atoms with Crippen LogP contribution < -0.4 is 5.32 Å². The van der Waals surface area contributed by atoms with Gasteiger partial charge in [-0.25, -0.2) is 9.97 Å². The SMILES string of the molecule is CC(CC1CC1)Nc1cc(Br)nc(C(C)C)n1. The fraction of sp³-hybridized carbons (Fsp3) is 0.692. The van der Waals surface area contributed by atoms with Crippen molar-refractivity contribution in [3.05, 3.63) is 16.5 Å². The molecule has 1 saturated carbocycles. The van der Waals surface area contributed by atoms with Crippen molar-refractivity contribution in [1.82, 2.24) is 9.97 Å². The quantitative estimate of drug-likeness (QED) is 0.836. The molecule has 0 aliphatic heterocycles. The summed E-state index contributed by atoms with van der Waals surface area (Å²) in [6, 6.07) is 2.44. The molecule has 1 unspecified atom stereocenters. The standard InChI is InChI=1S/C13H20BrN3/c1-8(2)13-16-11(14)7-12(17-13)15-9(3)6-10-4-5-10/h7-10H,4-6H2,1-3H3,(H,15,16,17). The van der Waals surface area contributed by atoms with E-state index in [4.69, 9.17) is 0 Å². The first kappa shape index (κ1) is 12.8. The summed E-state index contributed by atoms with van der Waals surface area (Å²) in [6.45, 7) is 6.45. The van der Waals surface area contributed by atoms with E-state index in [9.17, 15) is 0 Å². The minimum atomic E-state index is 0.354. The van der Waals surface area contributed by atoms with Crippen LogP contribution in [-0.2, 0) is 0 Å². The number of anilines is 1. The highest BCUT2D eigenvalue weighted by molar-refractivity contribution is 9.10. The summed E-state index contributed by atoms with van der Waals surface area (Å²) in [5, 5.41) is 3.47. The highest BCUT2D eigenvalue weighted by atomic mass is 79.9. The molecule has 1 aliphatic carbocycles. The van der Waals surface area contributed by atoms with Crippen molar-refractivity contribution in [3.8, 4) is 0 Å². The van der Waals surface area contributed by atoms with E-state index in [0.29, 0.717) is 12.0 Å². The van der Waals surface area contributed by atoms with Gasteiger partial charge in [-0.05, 0) is 35.2 Å². The van der Waals surface area contributed by atoms with E-state index in [0.717, 1.165) is 22.2 Å². The molecule has 0 radical (unpaired) electrons. The molecule has 0 saturated heterocycles. The summed E-state index contributed by atoms with van der Waals surface area (Å²) in [7, 11) is 0. The van der Waals surface area contributed by atoms with Crippen molar-refractivity contribution in [3.63, 3.8) is 0 Å². The Labute approximate surface area is 112 Å². The summed E-state index contributed by atoms with van der Waals surface area (Å²) in [5.41, 5.74) is 0. The van der Waals surface area contributed by atoms with Crippen LogP contribution in [0.2, 0.25) is 0 Å². The molecule has 4 heteroatoms. The Morgan fingerprint density at radius 3 is 2.65 bits per heavy atom. The molecule has 1 aliphatic rings. The summed E-state index contributed by atoms with van der Waals surface area (Å²) < 4.78 is 0.859. The molecule has 1 atom stereocenters. The molecule has 0 bridgehead atoms. The number of nitrogens with zero attached hydrogens (tertiary/aromatic N) is 2. The van der Waals surface area contributed by atoms with E-state index in [-0.39, 0.29) is 0 Å². The maximum absolute atomic E-state index is 4.55. The second-order valence-electron chi connectivity index (χ2n) is 5.31. The van der Waals surface area contributed by atoms with Gasteiger partial charge in [-0.2, -0.15) is 0 Å². The second-order valence-corrected chi connectivity index (χ2v) is 6.13. The number of nitrogens with one attached hydrogen (secondary N) is 1. The van der Waals surface area contributed by atoms with Gasteiger partial charge < -0.3 is 5.32 Å². The number of rotatable bonds is 5. The molecule has 1 aromatic rings. The predicted molar refractivity (Wildman–Crippen MR) is 74.2 cm³/mol. The Kier molecular flexibility index (Phi) is 4.02. The van der Waals surface area contributed by atoms with Gasteiger partial charge in [0.25, 0.3) is 0 Å². The lowest BCUT2D eigenvalue weighted by molar-refractivity contribution is 0.638. The first-order valence-electron chi connectivity index (χ1n) is 6.35. The van der Waals surface area contributed by atoms with Gasteiger partial charge in [0.05, 0.1) is 0 Å². The van der Waals surface area contributed by atoms with Gasteiger partial charge in [-0.3, -0.25) is 0 Å². The highest BCUT2D eigenvalue weighted by Crippen LogP contribution is 2.34. The lowest BCUT2D eigenvalue weighted by Crippen LogP contribution is -2.17. The Morgan fingerprint density at radius 1 is 1.35 bits per heavy atom. The number of hydrogen-bond donors (Lipinski definition) is 1. The smallest absolute Gasteiger partial charge is 0.134 e. The average molecular weight is 298 g/mol. The number of aromatic nitrogens is 2. The van der Waals surface area contributed by atoms with Crippen LogP contribution in [0.5, 0.6) is 0 Å². The van der Waals surface area contributed by atoms with Gasteiger partial charge >= 0.3 is 0 Å². The second kappa shape index (κ2) is 5.34. The molecule has 1 heterocycles. The third kappa shape index (κ3) is 3.95. The molecule has 0 aromatic carbocycles. The zero-order valence-electron chi connectivity index (χ0n) is 10.7. The van der Waals surface area contributed by atoms with Crippen molar-refractivity contribution < 1.29 is 0 Å². The van der Waals surface area contributed by atoms with Crippen molar-refractivity contribution in [2.45, 2.75) is 52.0 Å². The Morgan fingerprint density at radius 2 is 2.06 bits per heavy atom. The molecule has 0 amide bonds. The molecule has 0 spiro atoms. The van der Waals surface area contributed by atoms with Crippen LogP contribution in [0.25, 0.3) is 0 Å². The minimum Gasteiger partial charge on any atom is -0.367 e. The number of hydrogen-bond acceptors (Lipinski definition) is 3. The number of halogens is 1. The molecule has 1 fully saturated rings. The van der Waals surface area contributed by atoms with Crippen LogP contribution in [0.3, 0.4) is 0 Å². The van der Waals surface area contributed by atoms with Gasteiger partial charge in [0.1, 0.15) is 16.2 Å². The minimum absolute atomic E-state index is 0.354. The zero-order valence-corrected chi connectivity index (χ0v) is 12.3. The first-order chi connectivity index (χ1) is 8.04. The molecular weight excluding hydrogens is 278 g/mol. The molecule has 1 N–H and O–H groups in total. The predicted octanol–water partition coefficient (Wildman–Crippen LogP) is 3.96. The molecule has 3 nitrogen and oxygen atoms in total. The van der Waals surface area contributed by atoms with E-state index in [1.54, 1.807) is 0 Å². The summed E-state index contributed by atoms with van der Waals surface area (Å²) >= 11 is 3.44. The zero-order chi connectivity index (χ0) is 12.4. The Balaban J connectivity index is 2.03. The van der Waals surface area contributed by atoms with Crippen molar-refractivity contribution in [2.75, 3.05) is 5.32 Å². The van der Waals surface area contributed by atoms with Crippen LogP contribution in [-0.4, -0.2) is 16.0 Å². The summed E-state index contributed by atoms with van der Waals surface area (Å²) in [4.78, 5) is 8.93. The van der Waals surface area contributed by atoms with Crippen molar-refractivity contribution >= 4 is 21.7 Å². The van der Waals surface area contributed by atoms with Crippen LogP contribution in [0.15, 0.2) is 10.7 Å². The topological polar surface area (TPSA) is 37.8 Å².